The Morgan fingerprint density at radius 2 is 2.56 bits per heavy atom. The molecule has 9 heavy (non-hydrogen) atoms. The first-order chi connectivity index (χ1) is 4.33. The van der Waals surface area contributed by atoms with Gasteiger partial charge in [0.1, 0.15) is 5.76 Å². The van der Waals surface area contributed by atoms with Crippen LogP contribution in [0.5, 0.6) is 0 Å². The Morgan fingerprint density at radius 3 is 3.00 bits per heavy atom. The first-order valence-electron chi connectivity index (χ1n) is 2.93. The Morgan fingerprint density at radius 1 is 1.78 bits per heavy atom. The zero-order valence-corrected chi connectivity index (χ0v) is 5.37. The van der Waals surface area contributed by atoms with Crippen LogP contribution in [0.2, 0.25) is 0 Å². The summed E-state index contributed by atoms with van der Waals surface area (Å²) in [5, 5.41) is 9.00. The summed E-state index contributed by atoms with van der Waals surface area (Å²) in [6.45, 7) is 0. The molecule has 0 aromatic heterocycles. The monoisotopic (exact) mass is 126 g/mol. The lowest BCUT2D eigenvalue weighted by Crippen LogP contribution is -2.05. The van der Waals surface area contributed by atoms with Gasteiger partial charge in [-0.1, -0.05) is 6.08 Å². The zero-order valence-electron chi connectivity index (χ0n) is 5.37. The third-order valence-corrected chi connectivity index (χ3v) is 1.25. The lowest BCUT2D eigenvalue weighted by molar-refractivity contribution is 0.211. The third-order valence-electron chi connectivity index (χ3n) is 1.25. The van der Waals surface area contributed by atoms with Crippen LogP contribution in [-0.2, 0) is 4.74 Å². The van der Waals surface area contributed by atoms with Crippen molar-refractivity contribution in [2.24, 2.45) is 0 Å². The predicted octanol–water partition coefficient (Wildman–Crippen LogP) is 0.837. The molecule has 0 saturated heterocycles. The fourth-order valence-electron chi connectivity index (χ4n) is 0.773. The third kappa shape index (κ3) is 1.57. The summed E-state index contributed by atoms with van der Waals surface area (Å²) in [6.07, 6.45) is 5.79. The highest BCUT2D eigenvalue weighted by Gasteiger charge is 2.03. The van der Waals surface area contributed by atoms with Crippen LogP contribution >= 0.6 is 0 Å². The van der Waals surface area contributed by atoms with Crippen molar-refractivity contribution >= 4 is 0 Å². The normalized spacial score (nSPS) is 25.6. The lowest BCUT2D eigenvalue weighted by Gasteiger charge is -2.09. The summed E-state index contributed by atoms with van der Waals surface area (Å²) >= 11 is 0. The number of hydrogen-bond acceptors (Lipinski definition) is 2. The number of allylic oxidation sites excluding steroid dienone is 1. The van der Waals surface area contributed by atoms with E-state index in [0.717, 1.165) is 5.76 Å². The fraction of sp³-hybridized carbons (Fsp3) is 0.429. The summed E-state index contributed by atoms with van der Waals surface area (Å²) in [5.41, 5.74) is 0. The number of rotatable bonds is 1. The van der Waals surface area contributed by atoms with E-state index >= 15 is 0 Å². The molecule has 0 radical (unpaired) electrons. The molecule has 1 aliphatic rings. The number of aliphatic hydroxyl groups excluding tert-OH is 1. The fourth-order valence-corrected chi connectivity index (χ4v) is 0.773. The minimum atomic E-state index is -0.357. The zero-order chi connectivity index (χ0) is 6.69. The van der Waals surface area contributed by atoms with Gasteiger partial charge in [-0.05, 0) is 18.6 Å². The van der Waals surface area contributed by atoms with Gasteiger partial charge >= 0.3 is 0 Å². The van der Waals surface area contributed by atoms with Crippen molar-refractivity contribution in [3.63, 3.8) is 0 Å². The van der Waals surface area contributed by atoms with Crippen molar-refractivity contribution in [2.75, 3.05) is 7.11 Å². The van der Waals surface area contributed by atoms with Gasteiger partial charge < -0.3 is 9.84 Å². The summed E-state index contributed by atoms with van der Waals surface area (Å²) in [6, 6.07) is 0. The molecule has 1 rings (SSSR count). The Hall–Kier alpha value is -0.760. The maximum atomic E-state index is 9.00. The van der Waals surface area contributed by atoms with E-state index in [1.54, 1.807) is 13.2 Å². The average Bonchev–Trinajstić information content (AvgIpc) is 1.88. The molecule has 0 fully saturated rings. The van der Waals surface area contributed by atoms with Crippen molar-refractivity contribution in [2.45, 2.75) is 12.5 Å². The average molecular weight is 126 g/mol. The van der Waals surface area contributed by atoms with Crippen molar-refractivity contribution < 1.29 is 9.84 Å². The summed E-state index contributed by atoms with van der Waals surface area (Å²) in [7, 11) is 1.59. The molecule has 0 amide bonds. The molecule has 50 valence electrons. The molecule has 0 spiro atoms. The second-order valence-electron chi connectivity index (χ2n) is 1.98. The van der Waals surface area contributed by atoms with E-state index in [1.807, 2.05) is 12.2 Å². The standard InChI is InChI=1S/C7H10O2/c1-9-7-4-2-3-6(8)5-7/h2,4-6,8H,3H2,1H3. The SMILES string of the molecule is COC1=CC(O)CC=C1. The van der Waals surface area contributed by atoms with Gasteiger partial charge in [0.2, 0.25) is 0 Å². The van der Waals surface area contributed by atoms with E-state index in [4.69, 9.17) is 9.84 Å². The second-order valence-corrected chi connectivity index (χ2v) is 1.98. The molecule has 0 aliphatic heterocycles. The lowest BCUT2D eigenvalue weighted by atomic mass is 10.1. The largest absolute Gasteiger partial charge is 0.497 e. The van der Waals surface area contributed by atoms with Crippen LogP contribution in [0.25, 0.3) is 0 Å². The van der Waals surface area contributed by atoms with Gasteiger partial charge in [-0.15, -0.1) is 0 Å². The molecular formula is C7H10O2. The van der Waals surface area contributed by atoms with Crippen LogP contribution in [0.3, 0.4) is 0 Å². The molecule has 0 saturated carbocycles. The van der Waals surface area contributed by atoms with E-state index in [0.29, 0.717) is 6.42 Å². The van der Waals surface area contributed by atoms with Gasteiger partial charge in [0.25, 0.3) is 0 Å². The molecule has 0 heterocycles. The Bertz CT molecular complexity index is 147. The Labute approximate surface area is 54.5 Å². The molecular weight excluding hydrogens is 116 g/mol. The van der Waals surface area contributed by atoms with E-state index in [1.165, 1.54) is 0 Å². The Kier molecular flexibility index (Phi) is 1.90. The molecule has 2 heteroatoms. The molecule has 0 aromatic carbocycles. The maximum Gasteiger partial charge on any atom is 0.117 e. The summed E-state index contributed by atoms with van der Waals surface area (Å²) in [4.78, 5) is 0. The summed E-state index contributed by atoms with van der Waals surface area (Å²) in [5.74, 6) is 0.744. The van der Waals surface area contributed by atoms with Crippen molar-refractivity contribution in [3.8, 4) is 0 Å². The molecule has 0 bridgehead atoms. The van der Waals surface area contributed by atoms with Gasteiger partial charge in [-0.3, -0.25) is 0 Å². The van der Waals surface area contributed by atoms with Crippen LogP contribution in [0.4, 0.5) is 0 Å². The minimum absolute atomic E-state index is 0.357. The molecule has 1 N–H and O–H groups in total. The highest BCUT2D eigenvalue weighted by atomic mass is 16.5. The highest BCUT2D eigenvalue weighted by Crippen LogP contribution is 2.09. The van der Waals surface area contributed by atoms with Crippen LogP contribution in [0.1, 0.15) is 6.42 Å². The summed E-state index contributed by atoms with van der Waals surface area (Å²) < 4.78 is 4.88. The van der Waals surface area contributed by atoms with E-state index < -0.39 is 0 Å². The molecule has 2 nitrogen and oxygen atoms in total. The first kappa shape index (κ1) is 6.36. The quantitative estimate of drug-likeness (QED) is 0.564. The minimum Gasteiger partial charge on any atom is -0.497 e. The highest BCUT2D eigenvalue weighted by molar-refractivity contribution is 5.18. The van der Waals surface area contributed by atoms with Crippen molar-refractivity contribution in [1.29, 1.82) is 0 Å². The van der Waals surface area contributed by atoms with Crippen LogP contribution in [-0.4, -0.2) is 18.3 Å². The molecule has 0 aromatic rings. The van der Waals surface area contributed by atoms with Gasteiger partial charge in [0.05, 0.1) is 13.2 Å². The van der Waals surface area contributed by atoms with Crippen LogP contribution < -0.4 is 0 Å². The number of methoxy groups -OCH3 is 1. The molecule has 1 unspecified atom stereocenters. The van der Waals surface area contributed by atoms with Gasteiger partial charge in [-0.2, -0.15) is 0 Å². The number of aliphatic hydroxyl groups is 1. The number of ether oxygens (including phenoxy) is 1. The van der Waals surface area contributed by atoms with E-state index in [2.05, 4.69) is 0 Å². The predicted molar refractivity (Wildman–Crippen MR) is 34.9 cm³/mol. The van der Waals surface area contributed by atoms with E-state index in [-0.39, 0.29) is 6.10 Å². The van der Waals surface area contributed by atoms with Crippen molar-refractivity contribution in [3.05, 3.63) is 24.0 Å². The second kappa shape index (κ2) is 2.69. The molecule has 1 aliphatic carbocycles. The van der Waals surface area contributed by atoms with Crippen molar-refractivity contribution in [1.82, 2.24) is 0 Å². The van der Waals surface area contributed by atoms with Gasteiger partial charge in [0.15, 0.2) is 0 Å². The van der Waals surface area contributed by atoms with Crippen LogP contribution in [0.15, 0.2) is 24.0 Å². The molecule has 1 atom stereocenters. The maximum absolute atomic E-state index is 9.00. The number of hydrogen-bond donors (Lipinski definition) is 1. The first-order valence-corrected chi connectivity index (χ1v) is 2.93. The van der Waals surface area contributed by atoms with E-state index in [9.17, 15) is 0 Å². The van der Waals surface area contributed by atoms with Crippen LogP contribution in [0, 0.1) is 0 Å². The van der Waals surface area contributed by atoms with Gasteiger partial charge in [-0.25, -0.2) is 0 Å². The smallest absolute Gasteiger partial charge is 0.117 e. The Balaban J connectivity index is 2.59. The van der Waals surface area contributed by atoms with Gasteiger partial charge in [0, 0.05) is 0 Å². The topological polar surface area (TPSA) is 29.5 Å².